The van der Waals surface area contributed by atoms with Crippen molar-refractivity contribution in [2.24, 2.45) is 0 Å². The highest BCUT2D eigenvalue weighted by Gasteiger charge is 2.41. The summed E-state index contributed by atoms with van der Waals surface area (Å²) in [5, 5.41) is 0. The maximum atomic E-state index is 13.7. The molecule has 2 aromatic rings. The number of fused-ring (bicyclic) bond motifs is 6. The number of carbonyl (C=O) groups is 1. The zero-order valence-electron chi connectivity index (χ0n) is 19.6. The molecular formula is C27H36N2OS. The fourth-order valence-corrected chi connectivity index (χ4v) is 9.25. The first-order valence-corrected chi connectivity index (χ1v) is 14.5. The summed E-state index contributed by atoms with van der Waals surface area (Å²) in [4.78, 5) is 21.6. The van der Waals surface area contributed by atoms with Gasteiger partial charge in [-0.25, -0.2) is 0 Å². The van der Waals surface area contributed by atoms with Crippen molar-refractivity contribution >= 4 is 27.2 Å². The molecule has 5 rings (SSSR count). The third-order valence-electron chi connectivity index (χ3n) is 7.49. The van der Waals surface area contributed by atoms with Gasteiger partial charge >= 0.3 is 0 Å². The summed E-state index contributed by atoms with van der Waals surface area (Å²) in [6.45, 7) is 8.98. The number of ketones is 1. The van der Waals surface area contributed by atoms with Crippen molar-refractivity contribution in [3.63, 3.8) is 0 Å². The minimum atomic E-state index is -1.25. The number of rotatable bonds is 6. The van der Waals surface area contributed by atoms with Gasteiger partial charge in [-0.3, -0.25) is 4.79 Å². The van der Waals surface area contributed by atoms with Gasteiger partial charge < -0.3 is 9.80 Å². The molecule has 0 bridgehead atoms. The molecule has 0 N–H and O–H groups in total. The molecule has 4 heteroatoms. The van der Waals surface area contributed by atoms with Crippen LogP contribution >= 0.6 is 10.0 Å². The highest BCUT2D eigenvalue weighted by atomic mass is 32.3. The molecule has 0 aliphatic carbocycles. The van der Waals surface area contributed by atoms with E-state index in [2.05, 4.69) is 60.4 Å². The summed E-state index contributed by atoms with van der Waals surface area (Å²) in [6.07, 6.45) is 12.0. The minimum absolute atomic E-state index is 0.251. The number of anilines is 2. The lowest BCUT2D eigenvalue weighted by atomic mass is 9.97. The van der Waals surface area contributed by atoms with Crippen LogP contribution in [0.25, 0.3) is 0 Å². The second-order valence-electron chi connectivity index (χ2n) is 9.72. The van der Waals surface area contributed by atoms with E-state index in [1.54, 1.807) is 0 Å². The highest BCUT2D eigenvalue weighted by molar-refractivity contribution is 8.33. The van der Waals surface area contributed by atoms with Crippen LogP contribution in [-0.2, 0) is 12.8 Å². The molecule has 3 aliphatic heterocycles. The van der Waals surface area contributed by atoms with Crippen LogP contribution in [0.2, 0.25) is 0 Å². The first-order chi connectivity index (χ1) is 15.0. The molecule has 0 spiro atoms. The van der Waals surface area contributed by atoms with E-state index < -0.39 is 10.0 Å². The molecule has 0 radical (unpaired) electrons. The average molecular weight is 437 g/mol. The number of unbranched alkanes of at least 4 members (excludes halogenated alkanes) is 2. The van der Waals surface area contributed by atoms with Gasteiger partial charge in [0.25, 0.3) is 0 Å². The van der Waals surface area contributed by atoms with Crippen LogP contribution in [0.1, 0.15) is 66.6 Å². The van der Waals surface area contributed by atoms with Crippen LogP contribution in [0.4, 0.5) is 11.4 Å². The van der Waals surface area contributed by atoms with E-state index in [-0.39, 0.29) is 5.78 Å². The normalized spacial score (nSPS) is 19.2. The van der Waals surface area contributed by atoms with Gasteiger partial charge in [-0.05, 0) is 73.6 Å². The fraction of sp³-hybridized carbons (Fsp3) is 0.519. The van der Waals surface area contributed by atoms with Crippen molar-refractivity contribution < 1.29 is 4.79 Å². The maximum absolute atomic E-state index is 13.7. The zero-order chi connectivity index (χ0) is 21.8. The van der Waals surface area contributed by atoms with Crippen LogP contribution in [0, 0.1) is 0 Å². The van der Waals surface area contributed by atoms with Crippen LogP contribution in [0.3, 0.4) is 0 Å². The van der Waals surface area contributed by atoms with E-state index in [1.807, 2.05) is 0 Å². The molecule has 3 heterocycles. The third kappa shape index (κ3) is 3.13. The monoisotopic (exact) mass is 436 g/mol. The Morgan fingerprint density at radius 1 is 0.774 bits per heavy atom. The van der Waals surface area contributed by atoms with Crippen LogP contribution in [0.5, 0.6) is 0 Å². The fourth-order valence-electron chi connectivity index (χ4n) is 5.98. The van der Waals surface area contributed by atoms with Gasteiger partial charge in [0.15, 0.2) is 5.78 Å². The van der Waals surface area contributed by atoms with Crippen LogP contribution in [-0.4, -0.2) is 44.5 Å². The number of benzene rings is 2. The molecule has 3 aliphatic rings. The zero-order valence-corrected chi connectivity index (χ0v) is 20.4. The van der Waals surface area contributed by atoms with Gasteiger partial charge in [0.1, 0.15) is 0 Å². The van der Waals surface area contributed by atoms with E-state index >= 15 is 0 Å². The van der Waals surface area contributed by atoms with E-state index in [9.17, 15) is 4.79 Å². The Morgan fingerprint density at radius 2 is 1.23 bits per heavy atom. The summed E-state index contributed by atoms with van der Waals surface area (Å²) in [5.41, 5.74) is 7.66. The van der Waals surface area contributed by atoms with Gasteiger partial charge in [0, 0.05) is 58.5 Å². The molecule has 31 heavy (non-hydrogen) atoms. The second-order valence-corrected chi connectivity index (χ2v) is 13.2. The predicted octanol–water partition coefficient (Wildman–Crippen LogP) is 6.04. The summed E-state index contributed by atoms with van der Waals surface area (Å²) in [7, 11) is -1.25. The van der Waals surface area contributed by atoms with Crippen molar-refractivity contribution in [1.29, 1.82) is 0 Å². The quantitative estimate of drug-likeness (QED) is 0.552. The average Bonchev–Trinajstić information content (AvgIpc) is 3.37. The highest BCUT2D eigenvalue weighted by Crippen LogP contribution is 2.66. The Hall–Kier alpha value is -1.94. The summed E-state index contributed by atoms with van der Waals surface area (Å²) < 4.78 is 0. The van der Waals surface area contributed by atoms with E-state index in [0.717, 1.165) is 50.1 Å². The van der Waals surface area contributed by atoms with E-state index in [1.165, 1.54) is 58.0 Å². The predicted molar refractivity (Wildman–Crippen MR) is 134 cm³/mol. The molecule has 166 valence electrons. The van der Waals surface area contributed by atoms with Crippen molar-refractivity contribution in [3.8, 4) is 0 Å². The van der Waals surface area contributed by atoms with Gasteiger partial charge in [-0.1, -0.05) is 26.7 Å². The molecule has 0 amide bonds. The molecular weight excluding hydrogens is 400 g/mol. The van der Waals surface area contributed by atoms with Crippen LogP contribution in [0.15, 0.2) is 34.1 Å². The Bertz CT molecular complexity index is 963. The molecule has 0 saturated carbocycles. The van der Waals surface area contributed by atoms with Gasteiger partial charge in [-0.2, -0.15) is 10.0 Å². The lowest BCUT2D eigenvalue weighted by Crippen LogP contribution is -2.23. The number of carbonyl (C=O) groups excluding carboxylic acids is 1. The van der Waals surface area contributed by atoms with Crippen LogP contribution < -0.4 is 9.80 Å². The first kappa shape index (κ1) is 20.9. The van der Waals surface area contributed by atoms with Crippen molar-refractivity contribution in [2.45, 2.75) is 62.2 Å². The first-order valence-electron chi connectivity index (χ1n) is 12.1. The molecule has 0 unspecified atom stereocenters. The number of hydrogen-bond donors (Lipinski definition) is 0. The lowest BCUT2D eigenvalue weighted by Gasteiger charge is -2.42. The molecule has 0 aromatic heterocycles. The Kier molecular flexibility index (Phi) is 5.32. The van der Waals surface area contributed by atoms with Gasteiger partial charge in [0.05, 0.1) is 0 Å². The van der Waals surface area contributed by atoms with Gasteiger partial charge in [0.2, 0.25) is 0 Å². The number of hydrogen-bond acceptors (Lipinski definition) is 3. The van der Waals surface area contributed by atoms with Crippen molar-refractivity contribution in [2.75, 3.05) is 48.5 Å². The van der Waals surface area contributed by atoms with Crippen molar-refractivity contribution in [3.05, 3.63) is 46.5 Å². The minimum Gasteiger partial charge on any atom is -0.371 e. The summed E-state index contributed by atoms with van der Waals surface area (Å²) >= 11 is 0. The van der Waals surface area contributed by atoms with E-state index in [4.69, 9.17) is 0 Å². The Labute approximate surface area is 189 Å². The molecule has 2 aromatic carbocycles. The summed E-state index contributed by atoms with van der Waals surface area (Å²) in [5.74, 6) is 0.251. The lowest BCUT2D eigenvalue weighted by molar-refractivity contribution is 0.103. The molecule has 3 nitrogen and oxygen atoms in total. The smallest absolute Gasteiger partial charge is 0.195 e. The molecule has 0 fully saturated rings. The molecule has 0 atom stereocenters. The topological polar surface area (TPSA) is 23.6 Å². The largest absolute Gasteiger partial charge is 0.371 e. The standard InChI is InChI=1S/C27H36N2OS/c1-5-7-15-28-17-13-19-23(28)11-9-21-25(30)22-10-12-24-20(14-18-29(24)16-8-6-2)27(22)31(3,4)26(19)21/h9-12H,5-8,13-18H2,1-4H3. The SMILES string of the molecule is CCCCN1CCc2c1ccc1c2S(C)(C)c2c(ccc3c2CCN3CCCC)C1=O. The van der Waals surface area contributed by atoms with Crippen molar-refractivity contribution in [1.82, 2.24) is 0 Å². The summed E-state index contributed by atoms with van der Waals surface area (Å²) in [6, 6.07) is 8.74. The van der Waals surface area contributed by atoms with E-state index in [0.29, 0.717) is 0 Å². The van der Waals surface area contributed by atoms with Gasteiger partial charge in [-0.15, -0.1) is 0 Å². The Morgan fingerprint density at radius 3 is 1.65 bits per heavy atom. The third-order valence-corrected chi connectivity index (χ3v) is 10.5. The Balaban J connectivity index is 1.63. The molecule has 0 saturated heterocycles. The second kappa shape index (κ2) is 7.88. The maximum Gasteiger partial charge on any atom is 0.195 e. The number of nitrogens with zero attached hydrogens (tertiary/aromatic N) is 2.